The molecule has 0 aliphatic rings. The zero-order valence-corrected chi connectivity index (χ0v) is 17.4. The summed E-state index contributed by atoms with van der Waals surface area (Å²) in [5.41, 5.74) is 5.11. The Morgan fingerprint density at radius 2 is 1.63 bits per heavy atom. The van der Waals surface area contributed by atoms with E-state index in [0.717, 1.165) is 32.6 Å². The normalized spacial score (nSPS) is 10.5. The summed E-state index contributed by atoms with van der Waals surface area (Å²) in [6.07, 6.45) is 0. The topological polar surface area (TPSA) is 93.1 Å². The van der Waals surface area contributed by atoms with Crippen LogP contribution in [0.2, 0.25) is 0 Å². The molecular formula is C23H24N4O3. The first kappa shape index (κ1) is 21.0. The van der Waals surface area contributed by atoms with Crippen LogP contribution < -0.4 is 16.2 Å². The van der Waals surface area contributed by atoms with Crippen molar-refractivity contribution in [1.82, 2.24) is 9.78 Å². The molecule has 7 nitrogen and oxygen atoms in total. The standard InChI is InChI=1S/C23H24N4O3/c1-14-8-9-18(12-20(14)24-17(4)28)19-10-11-22(30)27(26-19)13-21(29)25-23-15(2)6-5-7-16(23)3/h5-12H,13H2,1-4H3,(H,24,28)(H,25,29). The lowest BCUT2D eigenvalue weighted by Gasteiger charge is -2.13. The van der Waals surface area contributed by atoms with Crippen LogP contribution in [0.25, 0.3) is 11.3 Å². The lowest BCUT2D eigenvalue weighted by molar-refractivity contribution is -0.117. The van der Waals surface area contributed by atoms with Crippen molar-refractivity contribution >= 4 is 23.2 Å². The van der Waals surface area contributed by atoms with Crippen LogP contribution in [0.4, 0.5) is 11.4 Å². The minimum absolute atomic E-state index is 0.170. The first-order valence-electron chi connectivity index (χ1n) is 9.57. The maximum Gasteiger partial charge on any atom is 0.267 e. The molecule has 1 heterocycles. The van der Waals surface area contributed by atoms with Crippen LogP contribution in [0.5, 0.6) is 0 Å². The highest BCUT2D eigenvalue weighted by Crippen LogP contribution is 2.24. The molecule has 30 heavy (non-hydrogen) atoms. The molecule has 2 aromatic carbocycles. The Morgan fingerprint density at radius 1 is 0.933 bits per heavy atom. The van der Waals surface area contributed by atoms with Crippen molar-refractivity contribution < 1.29 is 9.59 Å². The third-order valence-corrected chi connectivity index (χ3v) is 4.75. The van der Waals surface area contributed by atoms with Crippen molar-refractivity contribution in [3.8, 4) is 11.3 Å². The van der Waals surface area contributed by atoms with Crippen molar-refractivity contribution in [2.45, 2.75) is 34.2 Å². The van der Waals surface area contributed by atoms with Gasteiger partial charge in [0.25, 0.3) is 5.56 Å². The highest BCUT2D eigenvalue weighted by atomic mass is 16.2. The average Bonchev–Trinajstić information content (AvgIpc) is 2.68. The van der Waals surface area contributed by atoms with Crippen LogP contribution in [0.1, 0.15) is 23.6 Å². The Bertz CT molecular complexity index is 1160. The van der Waals surface area contributed by atoms with E-state index in [4.69, 9.17) is 0 Å². The lowest BCUT2D eigenvalue weighted by atomic mass is 10.1. The summed E-state index contributed by atoms with van der Waals surface area (Å²) in [5, 5.41) is 9.99. The zero-order chi connectivity index (χ0) is 21.8. The second-order valence-corrected chi connectivity index (χ2v) is 7.24. The van der Waals surface area contributed by atoms with E-state index in [1.165, 1.54) is 13.0 Å². The molecule has 3 aromatic rings. The molecule has 3 rings (SSSR count). The van der Waals surface area contributed by atoms with E-state index in [0.29, 0.717) is 11.4 Å². The van der Waals surface area contributed by atoms with Crippen LogP contribution in [0.3, 0.4) is 0 Å². The second kappa shape index (κ2) is 8.73. The van der Waals surface area contributed by atoms with Gasteiger partial charge in [-0.25, -0.2) is 4.68 Å². The maximum atomic E-state index is 12.5. The number of aromatic nitrogens is 2. The van der Waals surface area contributed by atoms with Crippen LogP contribution in [-0.4, -0.2) is 21.6 Å². The van der Waals surface area contributed by atoms with Crippen molar-refractivity contribution in [3.63, 3.8) is 0 Å². The van der Waals surface area contributed by atoms with Crippen LogP contribution in [-0.2, 0) is 16.1 Å². The summed E-state index contributed by atoms with van der Waals surface area (Å²) in [6, 6.07) is 14.3. The van der Waals surface area contributed by atoms with Gasteiger partial charge in [0.1, 0.15) is 6.54 Å². The van der Waals surface area contributed by atoms with Gasteiger partial charge in [-0.1, -0.05) is 30.3 Å². The molecule has 2 amide bonds. The fourth-order valence-electron chi connectivity index (χ4n) is 3.15. The number of nitrogens with one attached hydrogen (secondary N) is 2. The molecule has 1 aromatic heterocycles. The van der Waals surface area contributed by atoms with Gasteiger partial charge in [0.15, 0.2) is 0 Å². The van der Waals surface area contributed by atoms with E-state index in [9.17, 15) is 14.4 Å². The number of amides is 2. The summed E-state index contributed by atoms with van der Waals surface area (Å²) >= 11 is 0. The Morgan fingerprint density at radius 3 is 2.30 bits per heavy atom. The second-order valence-electron chi connectivity index (χ2n) is 7.24. The largest absolute Gasteiger partial charge is 0.326 e. The van der Waals surface area contributed by atoms with E-state index in [1.54, 1.807) is 12.1 Å². The summed E-state index contributed by atoms with van der Waals surface area (Å²) in [4.78, 5) is 36.2. The molecule has 0 bridgehead atoms. The van der Waals surface area contributed by atoms with Crippen LogP contribution >= 0.6 is 0 Å². The summed E-state index contributed by atoms with van der Waals surface area (Å²) in [6.45, 7) is 6.96. The smallest absolute Gasteiger partial charge is 0.267 e. The molecule has 0 spiro atoms. The SMILES string of the molecule is CC(=O)Nc1cc(-c2ccc(=O)n(CC(=O)Nc3c(C)cccc3C)n2)ccc1C. The number of carbonyl (C=O) groups excluding carboxylic acids is 2. The molecule has 0 aliphatic carbocycles. The van der Waals surface area contributed by atoms with E-state index in [1.807, 2.05) is 51.1 Å². The fourth-order valence-corrected chi connectivity index (χ4v) is 3.15. The summed E-state index contributed by atoms with van der Waals surface area (Å²) < 4.78 is 1.14. The van der Waals surface area contributed by atoms with Crippen molar-refractivity contribution in [3.05, 3.63) is 75.6 Å². The Hall–Kier alpha value is -3.74. The van der Waals surface area contributed by atoms with E-state index >= 15 is 0 Å². The molecule has 0 aliphatic heterocycles. The molecule has 0 atom stereocenters. The molecule has 154 valence electrons. The summed E-state index contributed by atoms with van der Waals surface area (Å²) in [7, 11) is 0. The predicted octanol–water partition coefficient (Wildman–Crippen LogP) is 3.43. The molecule has 0 saturated heterocycles. The Labute approximate surface area is 174 Å². The Kier molecular flexibility index (Phi) is 6.11. The number of nitrogens with zero attached hydrogens (tertiary/aromatic N) is 2. The first-order chi connectivity index (χ1) is 14.2. The highest BCUT2D eigenvalue weighted by Gasteiger charge is 2.12. The van der Waals surface area contributed by atoms with Gasteiger partial charge in [-0.15, -0.1) is 0 Å². The van der Waals surface area contributed by atoms with Crippen molar-refractivity contribution in [2.75, 3.05) is 10.6 Å². The average molecular weight is 404 g/mol. The number of benzene rings is 2. The fraction of sp³-hybridized carbons (Fsp3) is 0.217. The van der Waals surface area contributed by atoms with Gasteiger partial charge >= 0.3 is 0 Å². The highest BCUT2D eigenvalue weighted by molar-refractivity contribution is 5.92. The minimum atomic E-state index is -0.371. The Balaban J connectivity index is 1.86. The first-order valence-corrected chi connectivity index (χ1v) is 9.57. The number of carbonyl (C=O) groups is 2. The molecule has 7 heteroatoms. The third-order valence-electron chi connectivity index (χ3n) is 4.75. The van der Waals surface area contributed by atoms with Gasteiger partial charge in [-0.2, -0.15) is 5.10 Å². The van der Waals surface area contributed by atoms with E-state index in [2.05, 4.69) is 15.7 Å². The molecule has 0 fully saturated rings. The number of hydrogen-bond donors (Lipinski definition) is 2. The molecule has 0 saturated carbocycles. The number of hydrogen-bond acceptors (Lipinski definition) is 4. The van der Waals surface area contributed by atoms with Crippen LogP contribution in [0.15, 0.2) is 53.3 Å². The van der Waals surface area contributed by atoms with Gasteiger partial charge in [-0.05, 0) is 49.6 Å². The van der Waals surface area contributed by atoms with Gasteiger partial charge in [-0.3, -0.25) is 14.4 Å². The van der Waals surface area contributed by atoms with Gasteiger partial charge in [0, 0.05) is 29.9 Å². The van der Waals surface area contributed by atoms with Gasteiger partial charge in [0.2, 0.25) is 11.8 Å². The van der Waals surface area contributed by atoms with E-state index < -0.39 is 0 Å². The quantitative estimate of drug-likeness (QED) is 0.681. The summed E-state index contributed by atoms with van der Waals surface area (Å²) in [5.74, 6) is -0.502. The van der Waals surface area contributed by atoms with Gasteiger partial charge in [0.05, 0.1) is 5.69 Å². The molecule has 0 radical (unpaired) electrons. The monoisotopic (exact) mass is 404 g/mol. The van der Waals surface area contributed by atoms with Crippen LogP contribution in [0, 0.1) is 20.8 Å². The molecule has 0 unspecified atom stereocenters. The number of aryl methyl sites for hydroxylation is 3. The molecule has 2 N–H and O–H groups in total. The maximum absolute atomic E-state index is 12.5. The minimum Gasteiger partial charge on any atom is -0.326 e. The number of rotatable bonds is 5. The lowest BCUT2D eigenvalue weighted by Crippen LogP contribution is -2.29. The molecular weight excluding hydrogens is 380 g/mol. The number of para-hydroxylation sites is 1. The van der Waals surface area contributed by atoms with Crippen molar-refractivity contribution in [2.24, 2.45) is 0 Å². The number of anilines is 2. The van der Waals surface area contributed by atoms with Gasteiger partial charge < -0.3 is 10.6 Å². The predicted molar refractivity (Wildman–Crippen MR) is 118 cm³/mol. The van der Waals surface area contributed by atoms with E-state index in [-0.39, 0.29) is 23.9 Å². The zero-order valence-electron chi connectivity index (χ0n) is 17.4. The van der Waals surface area contributed by atoms with Crippen molar-refractivity contribution in [1.29, 1.82) is 0 Å². The third kappa shape index (κ3) is 4.81.